The molecule has 2 rings (SSSR count). The Morgan fingerprint density at radius 1 is 1.33 bits per heavy atom. The summed E-state index contributed by atoms with van der Waals surface area (Å²) < 4.78 is 10.8. The minimum Gasteiger partial charge on any atom is -0.497 e. The normalized spacial score (nSPS) is 10.8. The van der Waals surface area contributed by atoms with Crippen molar-refractivity contribution < 1.29 is 14.3 Å². The zero-order valence-electron chi connectivity index (χ0n) is 10.5. The van der Waals surface area contributed by atoms with Gasteiger partial charge in [-0.2, -0.15) is 0 Å². The van der Waals surface area contributed by atoms with E-state index in [4.69, 9.17) is 14.3 Å². The Morgan fingerprint density at radius 2 is 2.11 bits per heavy atom. The molecule has 0 unspecified atom stereocenters. The van der Waals surface area contributed by atoms with Crippen LogP contribution in [0, 0.1) is 6.92 Å². The summed E-state index contributed by atoms with van der Waals surface area (Å²) >= 11 is 0. The fourth-order valence-corrected chi connectivity index (χ4v) is 2.00. The van der Waals surface area contributed by atoms with Gasteiger partial charge < -0.3 is 14.3 Å². The molecule has 2 aromatic rings. The van der Waals surface area contributed by atoms with Gasteiger partial charge in [0, 0.05) is 25.2 Å². The first-order valence-corrected chi connectivity index (χ1v) is 5.88. The third kappa shape index (κ3) is 2.38. The van der Waals surface area contributed by atoms with E-state index in [0.717, 1.165) is 5.56 Å². The van der Waals surface area contributed by atoms with Crippen molar-refractivity contribution in [2.24, 2.45) is 0 Å². The van der Waals surface area contributed by atoms with Crippen molar-refractivity contribution in [3.05, 3.63) is 39.7 Å². The van der Waals surface area contributed by atoms with Gasteiger partial charge in [0.05, 0.1) is 12.5 Å². The van der Waals surface area contributed by atoms with E-state index in [-0.39, 0.29) is 12.0 Å². The van der Waals surface area contributed by atoms with Crippen LogP contribution in [0.2, 0.25) is 0 Å². The molecule has 0 aliphatic carbocycles. The summed E-state index contributed by atoms with van der Waals surface area (Å²) in [5, 5.41) is 9.38. The SMILES string of the molecule is COc1cc(C)c2c(=O)cc(CCCO)oc2c1. The summed E-state index contributed by atoms with van der Waals surface area (Å²) in [6.07, 6.45) is 1.13. The standard InChI is InChI=1S/C14H16O4/c1-9-6-11(17-2)8-13-14(9)12(16)7-10(18-13)4-3-5-15/h6-8,15H,3-5H2,1-2H3. The lowest BCUT2D eigenvalue weighted by molar-refractivity contribution is 0.284. The quantitative estimate of drug-likeness (QED) is 0.899. The molecule has 0 aliphatic heterocycles. The summed E-state index contributed by atoms with van der Waals surface area (Å²) in [7, 11) is 1.58. The highest BCUT2D eigenvalue weighted by atomic mass is 16.5. The van der Waals surface area contributed by atoms with Gasteiger partial charge in [0.1, 0.15) is 17.1 Å². The molecule has 1 heterocycles. The molecule has 96 valence electrons. The molecule has 0 saturated heterocycles. The van der Waals surface area contributed by atoms with E-state index in [2.05, 4.69) is 0 Å². The number of benzene rings is 1. The van der Waals surface area contributed by atoms with E-state index < -0.39 is 0 Å². The molecule has 0 atom stereocenters. The average molecular weight is 248 g/mol. The maximum atomic E-state index is 12.0. The van der Waals surface area contributed by atoms with E-state index in [0.29, 0.717) is 35.3 Å². The molecule has 0 radical (unpaired) electrons. The number of ether oxygens (including phenoxy) is 1. The van der Waals surface area contributed by atoms with Crippen molar-refractivity contribution in [2.75, 3.05) is 13.7 Å². The highest BCUT2D eigenvalue weighted by Gasteiger charge is 2.09. The second-order valence-electron chi connectivity index (χ2n) is 4.22. The fraction of sp³-hybridized carbons (Fsp3) is 0.357. The van der Waals surface area contributed by atoms with Crippen LogP contribution in [-0.4, -0.2) is 18.8 Å². The Morgan fingerprint density at radius 3 is 2.78 bits per heavy atom. The maximum Gasteiger partial charge on any atom is 0.193 e. The third-order valence-electron chi connectivity index (χ3n) is 2.87. The molecule has 0 aliphatic rings. The Balaban J connectivity index is 2.59. The minimum atomic E-state index is -0.0515. The topological polar surface area (TPSA) is 59.7 Å². The smallest absolute Gasteiger partial charge is 0.193 e. The first-order chi connectivity index (χ1) is 8.65. The van der Waals surface area contributed by atoms with Crippen LogP contribution < -0.4 is 10.2 Å². The number of rotatable bonds is 4. The van der Waals surface area contributed by atoms with E-state index in [1.807, 2.05) is 13.0 Å². The average Bonchev–Trinajstić information content (AvgIpc) is 2.35. The zero-order valence-corrected chi connectivity index (χ0v) is 10.5. The molecule has 1 aromatic heterocycles. The van der Waals surface area contributed by atoms with Crippen molar-refractivity contribution in [2.45, 2.75) is 19.8 Å². The predicted molar refractivity (Wildman–Crippen MR) is 69.2 cm³/mol. The van der Waals surface area contributed by atoms with Crippen LogP contribution in [-0.2, 0) is 6.42 Å². The van der Waals surface area contributed by atoms with Crippen LogP contribution in [0.15, 0.2) is 27.4 Å². The van der Waals surface area contributed by atoms with Crippen molar-refractivity contribution in [3.63, 3.8) is 0 Å². The van der Waals surface area contributed by atoms with Gasteiger partial charge >= 0.3 is 0 Å². The Labute approximate surface area is 105 Å². The lowest BCUT2D eigenvalue weighted by atomic mass is 10.1. The van der Waals surface area contributed by atoms with E-state index in [9.17, 15) is 4.79 Å². The largest absolute Gasteiger partial charge is 0.497 e. The second kappa shape index (κ2) is 5.23. The summed E-state index contributed by atoms with van der Waals surface area (Å²) in [6.45, 7) is 1.94. The van der Waals surface area contributed by atoms with Crippen LogP contribution in [0.4, 0.5) is 0 Å². The number of aliphatic hydroxyl groups excluding tert-OH is 1. The zero-order chi connectivity index (χ0) is 13.1. The molecule has 0 saturated carbocycles. The fourth-order valence-electron chi connectivity index (χ4n) is 2.00. The highest BCUT2D eigenvalue weighted by Crippen LogP contribution is 2.23. The first kappa shape index (κ1) is 12.6. The summed E-state index contributed by atoms with van der Waals surface area (Å²) in [6, 6.07) is 5.02. The monoisotopic (exact) mass is 248 g/mol. The lowest BCUT2D eigenvalue weighted by Crippen LogP contribution is -2.05. The summed E-state index contributed by atoms with van der Waals surface area (Å²) in [4.78, 5) is 12.0. The number of hydrogen-bond donors (Lipinski definition) is 1. The summed E-state index contributed by atoms with van der Waals surface area (Å²) in [5.41, 5.74) is 1.32. The van der Waals surface area contributed by atoms with Crippen LogP contribution >= 0.6 is 0 Å². The van der Waals surface area contributed by atoms with E-state index in [1.54, 1.807) is 13.2 Å². The summed E-state index contributed by atoms with van der Waals surface area (Å²) in [5.74, 6) is 1.26. The van der Waals surface area contributed by atoms with Gasteiger partial charge in [-0.05, 0) is 25.0 Å². The molecule has 4 heteroatoms. The molecule has 1 N–H and O–H groups in total. The molecular formula is C14H16O4. The van der Waals surface area contributed by atoms with Crippen molar-refractivity contribution in [1.82, 2.24) is 0 Å². The predicted octanol–water partition coefficient (Wildman–Crippen LogP) is 2.03. The number of fused-ring (bicyclic) bond motifs is 1. The van der Waals surface area contributed by atoms with Crippen LogP contribution in [0.25, 0.3) is 11.0 Å². The van der Waals surface area contributed by atoms with Crippen LogP contribution in [0.3, 0.4) is 0 Å². The molecule has 0 fully saturated rings. The first-order valence-electron chi connectivity index (χ1n) is 5.88. The van der Waals surface area contributed by atoms with Gasteiger partial charge in [0.2, 0.25) is 0 Å². The number of aryl methyl sites for hydroxylation is 2. The van der Waals surface area contributed by atoms with Gasteiger partial charge in [-0.15, -0.1) is 0 Å². The Kier molecular flexibility index (Phi) is 3.67. The van der Waals surface area contributed by atoms with Crippen molar-refractivity contribution in [3.8, 4) is 5.75 Å². The van der Waals surface area contributed by atoms with Crippen LogP contribution in [0.1, 0.15) is 17.7 Å². The molecule has 0 amide bonds. The van der Waals surface area contributed by atoms with E-state index >= 15 is 0 Å². The van der Waals surface area contributed by atoms with Gasteiger partial charge in [-0.1, -0.05) is 0 Å². The molecule has 0 bridgehead atoms. The number of methoxy groups -OCH3 is 1. The molecular weight excluding hydrogens is 232 g/mol. The lowest BCUT2D eigenvalue weighted by Gasteiger charge is -2.07. The van der Waals surface area contributed by atoms with Gasteiger partial charge in [0.15, 0.2) is 5.43 Å². The third-order valence-corrected chi connectivity index (χ3v) is 2.87. The van der Waals surface area contributed by atoms with E-state index in [1.165, 1.54) is 6.07 Å². The van der Waals surface area contributed by atoms with Crippen molar-refractivity contribution in [1.29, 1.82) is 0 Å². The Hall–Kier alpha value is -1.81. The maximum absolute atomic E-state index is 12.0. The molecule has 18 heavy (non-hydrogen) atoms. The van der Waals surface area contributed by atoms with Gasteiger partial charge in [-0.3, -0.25) is 4.79 Å². The molecule has 1 aromatic carbocycles. The van der Waals surface area contributed by atoms with Gasteiger partial charge in [0.25, 0.3) is 0 Å². The van der Waals surface area contributed by atoms with Gasteiger partial charge in [-0.25, -0.2) is 0 Å². The Bertz CT molecular complexity index is 613. The van der Waals surface area contributed by atoms with Crippen molar-refractivity contribution >= 4 is 11.0 Å². The minimum absolute atomic E-state index is 0.0515. The van der Waals surface area contributed by atoms with Crippen LogP contribution in [0.5, 0.6) is 5.75 Å². The molecule has 4 nitrogen and oxygen atoms in total. The molecule has 0 spiro atoms. The number of hydrogen-bond acceptors (Lipinski definition) is 4. The highest BCUT2D eigenvalue weighted by molar-refractivity contribution is 5.81. The number of aliphatic hydroxyl groups is 1. The second-order valence-corrected chi connectivity index (χ2v) is 4.22.